The van der Waals surface area contributed by atoms with Gasteiger partial charge in [-0.05, 0) is 119 Å². The van der Waals surface area contributed by atoms with Crippen molar-refractivity contribution in [3.8, 4) is 0 Å². The van der Waals surface area contributed by atoms with Crippen molar-refractivity contribution >= 4 is 106 Å². The molecule has 4 heterocycles. The third-order valence-electron chi connectivity index (χ3n) is 22.6. The minimum atomic E-state index is -1.87. The summed E-state index contributed by atoms with van der Waals surface area (Å²) in [5.41, 5.74) is 0.344. The lowest BCUT2D eigenvalue weighted by atomic mass is 9.95. The lowest BCUT2D eigenvalue weighted by molar-refractivity contribution is -0.157. The number of cyclic esters (lactones) is 1. The fourth-order valence-corrected chi connectivity index (χ4v) is 16.3. The molecule has 0 aliphatic carbocycles. The van der Waals surface area contributed by atoms with E-state index in [4.69, 9.17) is 4.74 Å². The summed E-state index contributed by atoms with van der Waals surface area (Å²) in [6.45, 7) is 31.5. The number of urea groups is 1. The van der Waals surface area contributed by atoms with E-state index in [0.717, 1.165) is 18.6 Å². The van der Waals surface area contributed by atoms with Crippen molar-refractivity contribution in [2.75, 3.05) is 18.8 Å². The smallest absolute Gasteiger partial charge is 0.329 e. The van der Waals surface area contributed by atoms with E-state index in [1.54, 1.807) is 139 Å². The number of benzene rings is 1. The van der Waals surface area contributed by atoms with Gasteiger partial charge in [-0.25, -0.2) is 9.59 Å². The van der Waals surface area contributed by atoms with E-state index in [-0.39, 0.29) is 105 Å². The van der Waals surface area contributed by atoms with Crippen LogP contribution in [0.25, 0.3) is 0 Å². The minimum absolute atomic E-state index is 0.00253. The Labute approximate surface area is 711 Å². The number of carbonyl (C=O) groups excluding carboxylic acids is 16. The van der Waals surface area contributed by atoms with Crippen LogP contribution in [0, 0.1) is 47.3 Å². The van der Waals surface area contributed by atoms with Gasteiger partial charge in [-0.15, -0.1) is 0 Å². The van der Waals surface area contributed by atoms with E-state index in [9.17, 15) is 57.8 Å². The summed E-state index contributed by atoms with van der Waals surface area (Å²) in [6, 6.07) is -8.39. The maximum Gasteiger partial charge on any atom is 0.329 e. The first kappa shape index (κ1) is 101. The number of aliphatic hydroxyl groups is 1. The highest BCUT2D eigenvalue weighted by Gasteiger charge is 2.46. The number of allylic oxidation sites excluding steroid dienone is 1. The number of carbonyl (C=O) groups is 16. The molecule has 35 heteroatoms. The molecule has 672 valence electrons. The number of esters is 1. The second-order valence-corrected chi connectivity index (χ2v) is 35.9. The zero-order valence-electron chi connectivity index (χ0n) is 73.7. The Hall–Kier alpha value is -9.41. The molecule has 16 amide bonds. The molecule has 0 saturated carbocycles. The van der Waals surface area contributed by atoms with Gasteiger partial charge in [0.05, 0.1) is 18.2 Å². The number of amides is 16. The van der Waals surface area contributed by atoms with Crippen LogP contribution in [0.15, 0.2) is 42.1 Å². The summed E-state index contributed by atoms with van der Waals surface area (Å²) < 4.78 is 6.02. The Morgan fingerprint density at radius 3 is 1.77 bits per heavy atom. The maximum absolute atomic E-state index is 15.4. The molecule has 0 aromatic heterocycles. The molecule has 16 N–H and O–H groups in total. The molecule has 0 unspecified atom stereocenters. The monoisotopic (exact) mass is 1700 g/mol. The Bertz CT molecular complexity index is 3730. The van der Waals surface area contributed by atoms with Gasteiger partial charge in [-0.2, -0.15) is 11.8 Å². The van der Waals surface area contributed by atoms with Crippen LogP contribution in [0.4, 0.5) is 4.79 Å². The first-order chi connectivity index (χ1) is 56.5. The van der Waals surface area contributed by atoms with E-state index in [0.29, 0.717) is 37.2 Å². The van der Waals surface area contributed by atoms with Crippen LogP contribution in [0.3, 0.4) is 0 Å². The number of hydrogen-bond acceptors (Lipinski definition) is 19. The highest BCUT2D eigenvalue weighted by Crippen LogP contribution is 2.33. The summed E-state index contributed by atoms with van der Waals surface area (Å²) in [4.78, 5) is 230. The fourth-order valence-electron chi connectivity index (χ4n) is 14.7. The summed E-state index contributed by atoms with van der Waals surface area (Å²) in [7, 11) is 0. The van der Waals surface area contributed by atoms with E-state index in [1.807, 2.05) is 13.8 Å². The molecular formula is C85H138N16O18S. The van der Waals surface area contributed by atoms with E-state index >= 15 is 24.0 Å². The van der Waals surface area contributed by atoms with Crippen LogP contribution in [-0.4, -0.2) is 226 Å². The molecule has 0 radical (unpaired) electrons. The molecule has 0 spiro atoms. The Balaban J connectivity index is 1.46. The van der Waals surface area contributed by atoms with Gasteiger partial charge in [0.1, 0.15) is 84.3 Å². The summed E-state index contributed by atoms with van der Waals surface area (Å²) in [5.74, 6) is -15.2. The standard InChI is InChI=1S/C85H138N16O18S/c1-20-49(16)67(80(113)99-70-52(19)119-84(117)66(48(14)15)95-72(105)54(22-3)87-74(107)56(41-53-32-24-23-25-33-53)89-76(109)63(45(8)9)92-79(112)68(50(17)21-2)97-82(70)115)96-73(106)55(34-29-39-86-60(103)37-27-26-36-59-71-57(42-120-59)90-85(118)100-71)88-75(108)58-35-30-40-101(58)83(116)65(47(12)13)94-78(111)64(46(10)11)93-81(114)69(51(18)102)98-77(110)62(44(6)7)91-61(104)38-28-31-43(4)5/h22-25,32-33,43-52,55-59,62-71,102H,20-21,26-31,34-42H2,1-19H3,(H,86,103)(H,87,107)(H,88,108)(H,89,109)(H,91,104)(H,92,112)(H,93,114)(H,94,111)(H,95,105)(H,96,106)(H,97,115)(H,98,110)(H,99,113)(H2,90,100,118)/b54-22-/t49-,50-,51-,52+,55+,56+,57+,58-,59+,62-,63-,64+,65-,66+,67-,68-,69+,70-,71+/m1/s1. The first-order valence-electron chi connectivity index (χ1n) is 43.0. The Morgan fingerprint density at radius 1 is 0.592 bits per heavy atom. The normalized spacial score (nSPS) is 24.0. The van der Waals surface area contributed by atoms with Gasteiger partial charge >= 0.3 is 12.0 Å². The lowest BCUT2D eigenvalue weighted by Gasteiger charge is -2.34. The number of hydrogen-bond donors (Lipinski definition) is 16. The van der Waals surface area contributed by atoms with Gasteiger partial charge in [-0.3, -0.25) is 67.1 Å². The highest BCUT2D eigenvalue weighted by molar-refractivity contribution is 8.00. The molecular weight excluding hydrogens is 1570 g/mol. The number of nitrogens with zero attached hydrogens (tertiary/aromatic N) is 1. The maximum atomic E-state index is 15.4. The molecule has 4 fully saturated rings. The van der Waals surface area contributed by atoms with Crippen LogP contribution >= 0.6 is 11.8 Å². The lowest BCUT2D eigenvalue weighted by Crippen LogP contribution is -2.64. The van der Waals surface area contributed by atoms with E-state index < -0.39 is 203 Å². The molecule has 4 saturated heterocycles. The van der Waals surface area contributed by atoms with Crippen molar-refractivity contribution in [1.82, 2.24) is 84.7 Å². The van der Waals surface area contributed by atoms with Gasteiger partial charge in [0.15, 0.2) is 0 Å². The predicted octanol–water partition coefficient (Wildman–Crippen LogP) is 2.72. The number of thioether (sulfide) groups is 1. The van der Waals surface area contributed by atoms with Crippen molar-refractivity contribution in [3.63, 3.8) is 0 Å². The number of likely N-dealkylation sites (tertiary alicyclic amines) is 1. The Morgan fingerprint density at radius 2 is 1.18 bits per heavy atom. The molecule has 5 rings (SSSR count). The van der Waals surface area contributed by atoms with Gasteiger partial charge in [-0.1, -0.05) is 173 Å². The Kier molecular flexibility index (Phi) is 41.2. The zero-order valence-corrected chi connectivity index (χ0v) is 74.5. The fraction of sp³-hybridized carbons (Fsp3) is 0.718. The minimum Gasteiger partial charge on any atom is -0.458 e. The number of unbranched alkanes of at least 4 members (excludes halogenated alkanes) is 1. The van der Waals surface area contributed by atoms with Crippen molar-refractivity contribution in [3.05, 3.63) is 47.7 Å². The molecule has 0 bridgehead atoms. The summed E-state index contributed by atoms with van der Waals surface area (Å²) in [6.07, 6.45) is 2.72. The van der Waals surface area contributed by atoms with Crippen LogP contribution in [-0.2, 0) is 83.1 Å². The van der Waals surface area contributed by atoms with Gasteiger partial charge in [0.25, 0.3) is 5.91 Å². The topological polar surface area (TPSA) is 486 Å². The molecule has 1 aromatic carbocycles. The van der Waals surface area contributed by atoms with Crippen molar-refractivity contribution < 1.29 is 86.6 Å². The molecule has 19 atom stereocenters. The molecule has 1 aromatic rings. The molecule has 4 aliphatic heterocycles. The number of aliphatic hydroxyl groups excluding tert-OH is 1. The van der Waals surface area contributed by atoms with Gasteiger partial charge < -0.3 is 94.5 Å². The third-order valence-corrected chi connectivity index (χ3v) is 24.1. The number of fused-ring (bicyclic) bond motifs is 1. The van der Waals surface area contributed by atoms with Crippen LogP contribution < -0.4 is 79.8 Å². The second kappa shape index (κ2) is 48.9. The van der Waals surface area contributed by atoms with Crippen LogP contribution in [0.1, 0.15) is 221 Å². The van der Waals surface area contributed by atoms with Crippen molar-refractivity contribution in [2.24, 2.45) is 47.3 Å². The largest absolute Gasteiger partial charge is 0.458 e. The molecule has 4 aliphatic rings. The molecule has 34 nitrogen and oxygen atoms in total. The average Bonchev–Trinajstić information content (AvgIpc) is 1.64. The SMILES string of the molecule is C/C=C1\NC(=O)[C@H](Cc2ccccc2)NC(=O)[C@@H](C(C)C)NC(=O)[C@@H]([C@H](C)CC)NC(=O)[C@H](NC(=O)[C@H](NC(=O)[C@H](CCCNC(=O)CCCC[C@@H]2SC[C@@H]3NC(=O)N[C@@H]32)NC(=O)[C@H]2CCCN2C(=O)[C@H](NC(=O)[C@@H](NC(=O)[C@@H](NC(=O)[C@H](NC(=O)CCCC(C)C)C(C)C)[C@@H](C)O)C(C)C)C(C)C)[C@H](C)CC)[C@H](C)OC(=O)[C@H](C(C)C)NC1=O. The van der Waals surface area contributed by atoms with E-state index in [2.05, 4.69) is 79.8 Å². The third kappa shape index (κ3) is 30.3. The quantitative estimate of drug-likeness (QED) is 0.0195. The first-order valence-corrected chi connectivity index (χ1v) is 44.1. The van der Waals surface area contributed by atoms with E-state index in [1.165, 1.54) is 31.7 Å². The van der Waals surface area contributed by atoms with Gasteiger partial charge in [0.2, 0.25) is 76.8 Å². The second-order valence-electron chi connectivity index (χ2n) is 34.6. The summed E-state index contributed by atoms with van der Waals surface area (Å²) in [5, 5.41) is 52.5. The van der Waals surface area contributed by atoms with Crippen LogP contribution in [0.5, 0.6) is 0 Å². The number of nitrogens with one attached hydrogen (secondary N) is 15. The number of rotatable bonds is 39. The number of ether oxygens (including phenoxy) is 1. The van der Waals surface area contributed by atoms with Crippen molar-refractivity contribution in [1.29, 1.82) is 0 Å². The summed E-state index contributed by atoms with van der Waals surface area (Å²) >= 11 is 1.77. The van der Waals surface area contributed by atoms with Gasteiger partial charge in [0, 0.05) is 43.4 Å². The highest BCUT2D eigenvalue weighted by atomic mass is 32.2. The van der Waals surface area contributed by atoms with Crippen LogP contribution in [0.2, 0.25) is 0 Å². The van der Waals surface area contributed by atoms with Crippen molar-refractivity contribution in [2.45, 2.75) is 323 Å². The zero-order chi connectivity index (χ0) is 89.7. The molecule has 120 heavy (non-hydrogen) atoms. The predicted molar refractivity (Wildman–Crippen MR) is 453 cm³/mol. The average molecular weight is 1700 g/mol.